The van der Waals surface area contributed by atoms with Crippen molar-refractivity contribution in [2.24, 2.45) is 10.9 Å². The van der Waals surface area contributed by atoms with Crippen LogP contribution < -0.4 is 0 Å². The molecule has 0 aliphatic heterocycles. The molecule has 0 saturated heterocycles. The molecule has 0 aromatic rings. The van der Waals surface area contributed by atoms with Gasteiger partial charge in [0.25, 0.3) is 0 Å². The highest BCUT2D eigenvalue weighted by Crippen LogP contribution is 2.33. The molecule has 62 valence electrons. The van der Waals surface area contributed by atoms with Crippen molar-refractivity contribution >= 4 is 6.21 Å². The first-order chi connectivity index (χ1) is 5.24. The second-order valence-electron chi connectivity index (χ2n) is 3.39. The highest BCUT2D eigenvalue weighted by Gasteiger charge is 2.26. The summed E-state index contributed by atoms with van der Waals surface area (Å²) in [5.74, 6) is 0.885. The van der Waals surface area contributed by atoms with Crippen molar-refractivity contribution in [1.82, 2.24) is 0 Å². The minimum atomic E-state index is 0.546. The smallest absolute Gasteiger partial charge is 0.0499 e. The van der Waals surface area contributed by atoms with Crippen molar-refractivity contribution in [3.05, 3.63) is 11.6 Å². The van der Waals surface area contributed by atoms with Crippen LogP contribution in [-0.4, -0.2) is 12.3 Å². The number of nitrogens with zero attached hydrogens (tertiary/aromatic N) is 1. The molecule has 0 radical (unpaired) electrons. The molecular weight excluding hydrogens is 134 g/mol. The van der Waals surface area contributed by atoms with Gasteiger partial charge in [-0.3, -0.25) is 4.99 Å². The second-order valence-corrected chi connectivity index (χ2v) is 3.39. The molecule has 1 aliphatic rings. The van der Waals surface area contributed by atoms with Crippen molar-refractivity contribution in [3.63, 3.8) is 0 Å². The first-order valence-corrected chi connectivity index (χ1v) is 4.40. The molecule has 0 bridgehead atoms. The highest BCUT2D eigenvalue weighted by molar-refractivity contribution is 5.77. The van der Waals surface area contributed by atoms with Crippen molar-refractivity contribution in [1.29, 1.82) is 0 Å². The Balaban J connectivity index is 2.32. The summed E-state index contributed by atoms with van der Waals surface area (Å²) in [6.07, 6.45) is 6.84. The van der Waals surface area contributed by atoms with E-state index in [2.05, 4.69) is 24.9 Å². The SMILES string of the molecule is C/C=C(C)\C=N/C(C)C1CC1. The Hall–Kier alpha value is -0.590. The summed E-state index contributed by atoms with van der Waals surface area (Å²) >= 11 is 0. The third-order valence-electron chi connectivity index (χ3n) is 2.27. The normalized spacial score (nSPS) is 22.6. The lowest BCUT2D eigenvalue weighted by molar-refractivity contribution is 0.655. The van der Waals surface area contributed by atoms with Crippen LogP contribution in [-0.2, 0) is 0 Å². The Morgan fingerprint density at radius 1 is 1.55 bits per heavy atom. The van der Waals surface area contributed by atoms with Crippen LogP contribution >= 0.6 is 0 Å². The molecule has 1 fully saturated rings. The van der Waals surface area contributed by atoms with Crippen molar-refractivity contribution in [2.45, 2.75) is 39.7 Å². The van der Waals surface area contributed by atoms with Gasteiger partial charge >= 0.3 is 0 Å². The van der Waals surface area contributed by atoms with Crippen molar-refractivity contribution in [2.75, 3.05) is 0 Å². The lowest BCUT2D eigenvalue weighted by Gasteiger charge is -2.01. The topological polar surface area (TPSA) is 12.4 Å². The van der Waals surface area contributed by atoms with Crippen LogP contribution in [0.2, 0.25) is 0 Å². The van der Waals surface area contributed by atoms with E-state index in [4.69, 9.17) is 0 Å². The number of hydrogen-bond donors (Lipinski definition) is 0. The molecule has 1 rings (SSSR count). The van der Waals surface area contributed by atoms with E-state index in [0.29, 0.717) is 6.04 Å². The molecule has 0 heterocycles. The summed E-state index contributed by atoms with van der Waals surface area (Å²) in [5, 5.41) is 0. The maximum Gasteiger partial charge on any atom is 0.0499 e. The van der Waals surface area contributed by atoms with Crippen molar-refractivity contribution in [3.8, 4) is 0 Å². The quantitative estimate of drug-likeness (QED) is 0.550. The van der Waals surface area contributed by atoms with E-state index in [9.17, 15) is 0 Å². The van der Waals surface area contributed by atoms with Gasteiger partial charge in [-0.2, -0.15) is 0 Å². The summed E-state index contributed by atoms with van der Waals surface area (Å²) in [6, 6.07) is 0.546. The van der Waals surface area contributed by atoms with Crippen LogP contribution in [0.3, 0.4) is 0 Å². The summed E-state index contributed by atoms with van der Waals surface area (Å²) in [5.41, 5.74) is 1.26. The van der Waals surface area contributed by atoms with Crippen LogP contribution in [0.15, 0.2) is 16.6 Å². The fourth-order valence-electron chi connectivity index (χ4n) is 1.01. The minimum absolute atomic E-state index is 0.546. The van der Waals surface area contributed by atoms with Crippen LogP contribution in [0, 0.1) is 5.92 Å². The van der Waals surface area contributed by atoms with E-state index in [-0.39, 0.29) is 0 Å². The molecule has 11 heavy (non-hydrogen) atoms. The number of rotatable bonds is 3. The fraction of sp³-hybridized carbons (Fsp3) is 0.700. The first-order valence-electron chi connectivity index (χ1n) is 4.40. The van der Waals surface area contributed by atoms with Crippen LogP contribution in [0.4, 0.5) is 0 Å². The first kappa shape index (κ1) is 8.51. The molecule has 1 atom stereocenters. The predicted octanol–water partition coefficient (Wildman–Crippen LogP) is 2.82. The van der Waals surface area contributed by atoms with E-state index in [1.807, 2.05) is 13.1 Å². The summed E-state index contributed by atoms with van der Waals surface area (Å²) in [7, 11) is 0. The summed E-state index contributed by atoms with van der Waals surface area (Å²) in [4.78, 5) is 4.46. The molecule has 1 heteroatoms. The highest BCUT2D eigenvalue weighted by atomic mass is 14.8. The standard InChI is InChI=1S/C10H17N/c1-4-8(2)7-11-9(3)10-5-6-10/h4,7,9-10H,5-6H2,1-3H3/b8-4-,11-7-. The summed E-state index contributed by atoms with van der Waals surface area (Å²) < 4.78 is 0. The predicted molar refractivity (Wildman–Crippen MR) is 50.1 cm³/mol. The Morgan fingerprint density at radius 3 is 2.64 bits per heavy atom. The van der Waals surface area contributed by atoms with Crippen LogP contribution in [0.25, 0.3) is 0 Å². The molecular formula is C10H17N. The fourth-order valence-corrected chi connectivity index (χ4v) is 1.01. The van der Waals surface area contributed by atoms with Gasteiger partial charge in [-0.25, -0.2) is 0 Å². The van der Waals surface area contributed by atoms with Crippen molar-refractivity contribution < 1.29 is 0 Å². The molecule has 1 aliphatic carbocycles. The van der Waals surface area contributed by atoms with Gasteiger partial charge in [0.1, 0.15) is 0 Å². The largest absolute Gasteiger partial charge is 0.290 e. The van der Waals surface area contributed by atoms with E-state index >= 15 is 0 Å². The maximum atomic E-state index is 4.46. The van der Waals surface area contributed by atoms with Gasteiger partial charge in [-0.15, -0.1) is 0 Å². The van der Waals surface area contributed by atoms with Gasteiger partial charge in [-0.05, 0) is 45.1 Å². The van der Waals surface area contributed by atoms with E-state index in [1.165, 1.54) is 18.4 Å². The Bertz CT molecular complexity index is 175. The van der Waals surface area contributed by atoms with Crippen LogP contribution in [0.5, 0.6) is 0 Å². The molecule has 0 aromatic carbocycles. The zero-order valence-corrected chi connectivity index (χ0v) is 7.67. The minimum Gasteiger partial charge on any atom is -0.290 e. The van der Waals surface area contributed by atoms with E-state index in [0.717, 1.165) is 5.92 Å². The second kappa shape index (κ2) is 3.70. The van der Waals surface area contributed by atoms with E-state index in [1.54, 1.807) is 0 Å². The van der Waals surface area contributed by atoms with Gasteiger partial charge in [0.15, 0.2) is 0 Å². The average molecular weight is 151 g/mol. The molecule has 0 amide bonds. The van der Waals surface area contributed by atoms with Gasteiger partial charge in [0, 0.05) is 12.3 Å². The molecule has 1 unspecified atom stereocenters. The number of hydrogen-bond acceptors (Lipinski definition) is 1. The van der Waals surface area contributed by atoms with Gasteiger partial charge in [-0.1, -0.05) is 6.08 Å². The lowest BCUT2D eigenvalue weighted by Crippen LogP contribution is -2.00. The van der Waals surface area contributed by atoms with Crippen LogP contribution in [0.1, 0.15) is 33.6 Å². The summed E-state index contributed by atoms with van der Waals surface area (Å²) in [6.45, 7) is 6.34. The Labute approximate surface area is 69.2 Å². The average Bonchev–Trinajstić information content (AvgIpc) is 2.81. The third-order valence-corrected chi connectivity index (χ3v) is 2.27. The third kappa shape index (κ3) is 2.87. The molecule has 0 aromatic heterocycles. The molecule has 1 saturated carbocycles. The van der Waals surface area contributed by atoms with Gasteiger partial charge in [0.05, 0.1) is 0 Å². The van der Waals surface area contributed by atoms with E-state index < -0.39 is 0 Å². The Kier molecular flexibility index (Phi) is 2.86. The number of aliphatic imine (C=N–C) groups is 1. The monoisotopic (exact) mass is 151 g/mol. The zero-order chi connectivity index (χ0) is 8.27. The molecule has 0 N–H and O–H groups in total. The maximum absolute atomic E-state index is 4.46. The lowest BCUT2D eigenvalue weighted by atomic mass is 10.2. The zero-order valence-electron chi connectivity index (χ0n) is 7.67. The molecule has 1 nitrogen and oxygen atoms in total. The van der Waals surface area contributed by atoms with Gasteiger partial charge in [0.2, 0.25) is 0 Å². The number of allylic oxidation sites excluding steroid dienone is 2. The molecule has 0 spiro atoms. The van der Waals surface area contributed by atoms with Gasteiger partial charge < -0.3 is 0 Å². The Morgan fingerprint density at radius 2 is 2.18 bits per heavy atom.